The summed E-state index contributed by atoms with van der Waals surface area (Å²) in [6.45, 7) is 3.39. The lowest BCUT2D eigenvalue weighted by Gasteiger charge is -2.25. The fourth-order valence-electron chi connectivity index (χ4n) is 2.74. The highest BCUT2D eigenvalue weighted by atomic mass is 32.2. The Morgan fingerprint density at radius 3 is 2.00 bits per heavy atom. The van der Waals surface area contributed by atoms with E-state index in [1.54, 1.807) is 12.1 Å². The average molecular weight is 375 g/mol. The summed E-state index contributed by atoms with van der Waals surface area (Å²) in [6, 6.07) is 12.9. The zero-order valence-electron chi connectivity index (χ0n) is 15.8. The van der Waals surface area contributed by atoms with Gasteiger partial charge in [-0.3, -0.25) is 9.10 Å². The second kappa shape index (κ2) is 7.78. The summed E-state index contributed by atoms with van der Waals surface area (Å²) in [4.78, 5) is 14.4. The molecule has 2 rings (SSSR count). The predicted molar refractivity (Wildman–Crippen MR) is 108 cm³/mol. The van der Waals surface area contributed by atoms with Crippen LogP contribution in [0.2, 0.25) is 0 Å². The maximum absolute atomic E-state index is 12.5. The van der Waals surface area contributed by atoms with Gasteiger partial charge in [0.25, 0.3) is 0 Å². The molecule has 0 radical (unpaired) electrons. The summed E-state index contributed by atoms with van der Waals surface area (Å²) in [6.07, 6.45) is 1.11. The lowest BCUT2D eigenvalue weighted by atomic mass is 10.1. The third-order valence-corrected chi connectivity index (χ3v) is 5.16. The van der Waals surface area contributed by atoms with Crippen LogP contribution in [-0.2, 0) is 14.8 Å². The van der Waals surface area contributed by atoms with E-state index in [2.05, 4.69) is 5.32 Å². The van der Waals surface area contributed by atoms with Crippen molar-refractivity contribution in [2.75, 3.05) is 41.4 Å². The molecule has 0 aliphatic rings. The van der Waals surface area contributed by atoms with Crippen molar-refractivity contribution in [3.05, 3.63) is 53.6 Å². The third-order valence-electron chi connectivity index (χ3n) is 4.04. The topological polar surface area (TPSA) is 69.7 Å². The van der Waals surface area contributed by atoms with Gasteiger partial charge in [0, 0.05) is 25.5 Å². The number of amides is 1. The number of carbonyl (C=O) groups is 1. The van der Waals surface area contributed by atoms with E-state index in [-0.39, 0.29) is 6.54 Å². The molecule has 0 aromatic heterocycles. The molecule has 6 nitrogen and oxygen atoms in total. The molecule has 0 spiro atoms. The van der Waals surface area contributed by atoms with E-state index in [0.29, 0.717) is 11.4 Å². The van der Waals surface area contributed by atoms with Crippen LogP contribution in [0.3, 0.4) is 0 Å². The minimum Gasteiger partial charge on any atom is -0.378 e. The highest BCUT2D eigenvalue weighted by Gasteiger charge is 2.23. The van der Waals surface area contributed by atoms with Gasteiger partial charge in [0.05, 0.1) is 11.9 Å². The van der Waals surface area contributed by atoms with Gasteiger partial charge in [-0.15, -0.1) is 0 Å². The van der Waals surface area contributed by atoms with Gasteiger partial charge < -0.3 is 10.2 Å². The fourth-order valence-corrected chi connectivity index (χ4v) is 3.71. The molecule has 1 amide bonds. The van der Waals surface area contributed by atoms with Crippen LogP contribution in [-0.4, -0.2) is 41.2 Å². The zero-order valence-corrected chi connectivity index (χ0v) is 16.6. The first kappa shape index (κ1) is 19.8. The van der Waals surface area contributed by atoms with Crippen molar-refractivity contribution in [2.24, 2.45) is 0 Å². The molecule has 140 valence electrons. The highest BCUT2D eigenvalue weighted by molar-refractivity contribution is 7.92. The van der Waals surface area contributed by atoms with Gasteiger partial charge in [0.15, 0.2) is 0 Å². The molecule has 0 unspecified atom stereocenters. The van der Waals surface area contributed by atoms with Crippen molar-refractivity contribution in [3.63, 3.8) is 0 Å². The van der Waals surface area contributed by atoms with Gasteiger partial charge in [-0.05, 0) is 49.2 Å². The number of nitrogens with zero attached hydrogens (tertiary/aromatic N) is 2. The van der Waals surface area contributed by atoms with Crippen molar-refractivity contribution in [1.82, 2.24) is 0 Å². The SMILES string of the molecule is Cc1cccc(C)c1N(CC(=O)Nc1ccc(N(C)C)cc1)S(C)(=O)=O. The zero-order chi connectivity index (χ0) is 19.5. The van der Waals surface area contributed by atoms with Gasteiger partial charge in [0.1, 0.15) is 6.54 Å². The number of aryl methyl sites for hydroxylation is 2. The molecule has 2 aromatic carbocycles. The second-order valence-corrected chi connectivity index (χ2v) is 8.41. The van der Waals surface area contributed by atoms with Crippen molar-refractivity contribution >= 4 is 33.0 Å². The van der Waals surface area contributed by atoms with Crippen LogP contribution < -0.4 is 14.5 Å². The molecule has 2 aromatic rings. The number of benzene rings is 2. The number of para-hydroxylation sites is 1. The summed E-state index contributed by atoms with van der Waals surface area (Å²) in [5.41, 5.74) is 3.79. The maximum atomic E-state index is 12.5. The monoisotopic (exact) mass is 375 g/mol. The summed E-state index contributed by atoms with van der Waals surface area (Å²) in [5.74, 6) is -0.393. The first-order valence-corrected chi connectivity index (χ1v) is 10.1. The summed E-state index contributed by atoms with van der Waals surface area (Å²) < 4.78 is 25.7. The van der Waals surface area contributed by atoms with Crippen LogP contribution in [0.5, 0.6) is 0 Å². The normalized spacial score (nSPS) is 11.1. The Balaban J connectivity index is 2.23. The summed E-state index contributed by atoms with van der Waals surface area (Å²) >= 11 is 0. The van der Waals surface area contributed by atoms with E-state index in [4.69, 9.17) is 0 Å². The van der Waals surface area contributed by atoms with Gasteiger partial charge >= 0.3 is 0 Å². The van der Waals surface area contributed by atoms with E-state index in [0.717, 1.165) is 27.4 Å². The number of carbonyl (C=O) groups excluding carboxylic acids is 1. The van der Waals surface area contributed by atoms with E-state index in [1.165, 1.54) is 0 Å². The minimum absolute atomic E-state index is 0.278. The average Bonchev–Trinajstić information content (AvgIpc) is 2.53. The number of nitrogens with one attached hydrogen (secondary N) is 1. The van der Waals surface area contributed by atoms with Crippen molar-refractivity contribution < 1.29 is 13.2 Å². The Morgan fingerprint density at radius 2 is 1.54 bits per heavy atom. The fraction of sp³-hybridized carbons (Fsp3) is 0.316. The highest BCUT2D eigenvalue weighted by Crippen LogP contribution is 2.26. The van der Waals surface area contributed by atoms with Crippen LogP contribution in [0.15, 0.2) is 42.5 Å². The van der Waals surface area contributed by atoms with E-state index >= 15 is 0 Å². The van der Waals surface area contributed by atoms with Crippen LogP contribution in [0.4, 0.5) is 17.1 Å². The Morgan fingerprint density at radius 1 is 1.00 bits per heavy atom. The summed E-state index contributed by atoms with van der Waals surface area (Å²) in [7, 11) is 0.263. The quantitative estimate of drug-likeness (QED) is 0.843. The third kappa shape index (κ3) is 4.76. The Bertz CT molecular complexity index is 870. The van der Waals surface area contributed by atoms with Gasteiger partial charge in [-0.2, -0.15) is 0 Å². The first-order chi connectivity index (χ1) is 12.1. The molecule has 0 saturated carbocycles. The van der Waals surface area contributed by atoms with E-state index in [9.17, 15) is 13.2 Å². The molecule has 26 heavy (non-hydrogen) atoms. The molecule has 0 bridgehead atoms. The Hall–Kier alpha value is -2.54. The smallest absolute Gasteiger partial charge is 0.245 e. The predicted octanol–water partition coefficient (Wildman–Crippen LogP) is 2.77. The summed E-state index contributed by atoms with van der Waals surface area (Å²) in [5, 5.41) is 2.76. The molecular weight excluding hydrogens is 350 g/mol. The van der Waals surface area contributed by atoms with Crippen LogP contribution >= 0.6 is 0 Å². The Labute approximate surface area is 155 Å². The van der Waals surface area contributed by atoms with Gasteiger partial charge in [0.2, 0.25) is 15.9 Å². The second-order valence-electron chi connectivity index (χ2n) is 6.50. The van der Waals surface area contributed by atoms with Gasteiger partial charge in [-0.25, -0.2) is 8.42 Å². The number of hydrogen-bond acceptors (Lipinski definition) is 4. The lowest BCUT2D eigenvalue weighted by molar-refractivity contribution is -0.114. The number of hydrogen-bond donors (Lipinski definition) is 1. The van der Waals surface area contributed by atoms with E-state index < -0.39 is 15.9 Å². The van der Waals surface area contributed by atoms with Crippen molar-refractivity contribution in [3.8, 4) is 0 Å². The van der Waals surface area contributed by atoms with E-state index in [1.807, 2.05) is 63.2 Å². The largest absolute Gasteiger partial charge is 0.378 e. The van der Waals surface area contributed by atoms with Crippen LogP contribution in [0.25, 0.3) is 0 Å². The molecular formula is C19H25N3O3S. The number of rotatable bonds is 6. The van der Waals surface area contributed by atoms with Crippen LogP contribution in [0.1, 0.15) is 11.1 Å². The molecule has 0 atom stereocenters. The Kier molecular flexibility index (Phi) is 5.92. The number of sulfonamides is 1. The standard InChI is InChI=1S/C19H25N3O3S/c1-14-7-6-8-15(2)19(14)22(26(5,24)25)13-18(23)20-16-9-11-17(12-10-16)21(3)4/h6-12H,13H2,1-5H3,(H,20,23). The molecule has 0 heterocycles. The first-order valence-electron chi connectivity index (χ1n) is 8.21. The molecule has 0 aliphatic heterocycles. The van der Waals surface area contributed by atoms with Gasteiger partial charge in [-0.1, -0.05) is 18.2 Å². The molecule has 0 fully saturated rings. The molecule has 0 aliphatic carbocycles. The lowest BCUT2D eigenvalue weighted by Crippen LogP contribution is -2.38. The maximum Gasteiger partial charge on any atom is 0.245 e. The number of anilines is 3. The molecule has 0 saturated heterocycles. The minimum atomic E-state index is -3.60. The van der Waals surface area contributed by atoms with Crippen molar-refractivity contribution in [1.29, 1.82) is 0 Å². The van der Waals surface area contributed by atoms with Crippen LogP contribution in [0, 0.1) is 13.8 Å². The molecule has 1 N–H and O–H groups in total. The molecule has 7 heteroatoms. The van der Waals surface area contributed by atoms with Crippen molar-refractivity contribution in [2.45, 2.75) is 13.8 Å².